The van der Waals surface area contributed by atoms with Crippen LogP contribution in [0.3, 0.4) is 0 Å². The Hall–Kier alpha value is -2.33. The number of hydrogen-bond donors (Lipinski definition) is 3. The molecule has 4 nitrogen and oxygen atoms in total. The van der Waals surface area contributed by atoms with Crippen LogP contribution in [0.2, 0.25) is 0 Å². The summed E-state index contributed by atoms with van der Waals surface area (Å²) in [4.78, 5) is 12.0. The largest absolute Gasteiger partial charge is 0.508 e. The fourth-order valence-electron chi connectivity index (χ4n) is 2.19. The summed E-state index contributed by atoms with van der Waals surface area (Å²) in [7, 11) is 0. The summed E-state index contributed by atoms with van der Waals surface area (Å²) in [5.41, 5.74) is 1.80. The van der Waals surface area contributed by atoms with E-state index < -0.39 is 0 Å². The van der Waals surface area contributed by atoms with Gasteiger partial charge in [-0.05, 0) is 29.7 Å². The number of carbonyl (C=O) groups excluding carboxylic acids is 1. The van der Waals surface area contributed by atoms with Crippen LogP contribution in [0.1, 0.15) is 11.1 Å². The molecule has 110 valence electrons. The maximum absolute atomic E-state index is 12.0. The zero-order chi connectivity index (χ0) is 15.1. The molecule has 0 aromatic heterocycles. The Kier molecular flexibility index (Phi) is 5.35. The van der Waals surface area contributed by atoms with Gasteiger partial charge in [-0.15, -0.1) is 0 Å². The molecule has 0 bridgehead atoms. The first kappa shape index (κ1) is 15.1. The molecule has 4 heteroatoms. The highest BCUT2D eigenvalue weighted by molar-refractivity contribution is 5.79. The highest BCUT2D eigenvalue weighted by Crippen LogP contribution is 2.11. The monoisotopic (exact) mass is 285 g/mol. The van der Waals surface area contributed by atoms with Crippen LogP contribution >= 0.6 is 0 Å². The lowest BCUT2D eigenvalue weighted by Crippen LogP contribution is -2.39. The van der Waals surface area contributed by atoms with Crippen molar-refractivity contribution < 1.29 is 15.0 Å². The van der Waals surface area contributed by atoms with E-state index in [4.69, 9.17) is 0 Å². The van der Waals surface area contributed by atoms with Crippen LogP contribution in [0.5, 0.6) is 5.75 Å². The van der Waals surface area contributed by atoms with Crippen LogP contribution in [0.4, 0.5) is 0 Å². The third kappa shape index (κ3) is 4.93. The Balaban J connectivity index is 1.90. The van der Waals surface area contributed by atoms with Crippen LogP contribution in [0, 0.1) is 0 Å². The van der Waals surface area contributed by atoms with Crippen molar-refractivity contribution in [3.63, 3.8) is 0 Å². The van der Waals surface area contributed by atoms with Gasteiger partial charge in [0.25, 0.3) is 0 Å². The molecule has 0 unspecified atom stereocenters. The normalized spacial score (nSPS) is 11.9. The summed E-state index contributed by atoms with van der Waals surface area (Å²) in [5, 5.41) is 21.6. The first-order valence-corrected chi connectivity index (χ1v) is 6.89. The predicted molar refractivity (Wildman–Crippen MR) is 81.0 cm³/mol. The standard InChI is InChI=1S/C17H19NO3/c19-12-15(9-13-5-2-1-3-6-13)18-17(21)11-14-7-4-8-16(20)10-14/h1-8,10,15,19-20H,9,11-12H2,(H,18,21)/t15-/m0/s1. The number of phenols is 1. The average Bonchev–Trinajstić information content (AvgIpc) is 2.47. The van der Waals surface area contributed by atoms with E-state index in [2.05, 4.69) is 5.32 Å². The van der Waals surface area contributed by atoms with E-state index in [1.54, 1.807) is 24.3 Å². The molecule has 0 radical (unpaired) electrons. The van der Waals surface area contributed by atoms with Gasteiger partial charge in [0.05, 0.1) is 19.1 Å². The fourth-order valence-corrected chi connectivity index (χ4v) is 2.19. The number of phenolic OH excluding ortho intramolecular Hbond substituents is 1. The van der Waals surface area contributed by atoms with Crippen LogP contribution in [0.25, 0.3) is 0 Å². The Labute approximate surface area is 124 Å². The number of aliphatic hydroxyl groups is 1. The van der Waals surface area contributed by atoms with Crippen molar-refractivity contribution in [3.05, 3.63) is 65.7 Å². The lowest BCUT2D eigenvalue weighted by atomic mass is 10.1. The Bertz CT molecular complexity index is 584. The van der Waals surface area contributed by atoms with E-state index in [0.717, 1.165) is 11.1 Å². The molecule has 21 heavy (non-hydrogen) atoms. The number of amides is 1. The van der Waals surface area contributed by atoms with Gasteiger partial charge in [0.1, 0.15) is 5.75 Å². The topological polar surface area (TPSA) is 69.6 Å². The third-order valence-corrected chi connectivity index (χ3v) is 3.19. The van der Waals surface area contributed by atoms with Crippen molar-refractivity contribution in [2.24, 2.45) is 0 Å². The van der Waals surface area contributed by atoms with Gasteiger partial charge in [0.2, 0.25) is 5.91 Å². The molecule has 0 aliphatic rings. The molecule has 2 aromatic rings. The van der Waals surface area contributed by atoms with Gasteiger partial charge in [0, 0.05) is 0 Å². The van der Waals surface area contributed by atoms with Gasteiger partial charge < -0.3 is 15.5 Å². The van der Waals surface area contributed by atoms with Crippen molar-refractivity contribution in [3.8, 4) is 5.75 Å². The minimum Gasteiger partial charge on any atom is -0.508 e. The SMILES string of the molecule is O=C(Cc1cccc(O)c1)N[C@H](CO)Cc1ccccc1. The van der Waals surface area contributed by atoms with Crippen LogP contribution in [0.15, 0.2) is 54.6 Å². The average molecular weight is 285 g/mol. The van der Waals surface area contributed by atoms with E-state index in [0.29, 0.717) is 6.42 Å². The lowest BCUT2D eigenvalue weighted by molar-refractivity contribution is -0.121. The number of rotatable bonds is 6. The van der Waals surface area contributed by atoms with Gasteiger partial charge in [-0.1, -0.05) is 42.5 Å². The fraction of sp³-hybridized carbons (Fsp3) is 0.235. The summed E-state index contributed by atoms with van der Waals surface area (Å²) in [5.74, 6) is -0.0288. The van der Waals surface area contributed by atoms with Gasteiger partial charge in [0.15, 0.2) is 0 Å². The highest BCUT2D eigenvalue weighted by atomic mass is 16.3. The second-order valence-electron chi connectivity index (χ2n) is 4.98. The van der Waals surface area contributed by atoms with Gasteiger partial charge >= 0.3 is 0 Å². The molecular formula is C17H19NO3. The van der Waals surface area contributed by atoms with Crippen molar-refractivity contribution in [1.29, 1.82) is 0 Å². The predicted octanol–water partition coefficient (Wildman–Crippen LogP) is 1.65. The molecule has 0 saturated heterocycles. The molecule has 3 N–H and O–H groups in total. The van der Waals surface area contributed by atoms with Crippen molar-refractivity contribution in [2.75, 3.05) is 6.61 Å². The molecule has 0 aliphatic carbocycles. The maximum atomic E-state index is 12.0. The summed E-state index contributed by atoms with van der Waals surface area (Å²) in [6.07, 6.45) is 0.767. The molecule has 0 spiro atoms. The van der Waals surface area contributed by atoms with E-state index in [1.165, 1.54) is 0 Å². The molecule has 2 aromatic carbocycles. The molecule has 0 aliphatic heterocycles. The molecule has 0 heterocycles. The molecule has 1 atom stereocenters. The number of nitrogens with one attached hydrogen (secondary N) is 1. The van der Waals surface area contributed by atoms with E-state index in [-0.39, 0.29) is 30.7 Å². The molecule has 0 fully saturated rings. The Morgan fingerprint density at radius 1 is 1.05 bits per heavy atom. The summed E-state index contributed by atoms with van der Waals surface area (Å²) in [6, 6.07) is 16.0. The van der Waals surface area contributed by atoms with Crippen molar-refractivity contribution in [2.45, 2.75) is 18.9 Å². The zero-order valence-corrected chi connectivity index (χ0v) is 11.7. The summed E-state index contributed by atoms with van der Waals surface area (Å²) in [6.45, 7) is -0.110. The van der Waals surface area contributed by atoms with Gasteiger partial charge in [-0.2, -0.15) is 0 Å². The van der Waals surface area contributed by atoms with E-state index in [1.807, 2.05) is 30.3 Å². The quantitative estimate of drug-likeness (QED) is 0.756. The Morgan fingerprint density at radius 3 is 2.43 bits per heavy atom. The summed E-state index contributed by atoms with van der Waals surface area (Å²) < 4.78 is 0. The smallest absolute Gasteiger partial charge is 0.224 e. The van der Waals surface area contributed by atoms with Crippen LogP contribution < -0.4 is 5.32 Å². The maximum Gasteiger partial charge on any atom is 0.224 e. The lowest BCUT2D eigenvalue weighted by Gasteiger charge is -2.16. The van der Waals surface area contributed by atoms with Crippen LogP contribution in [-0.2, 0) is 17.6 Å². The second kappa shape index (κ2) is 7.45. The highest BCUT2D eigenvalue weighted by Gasteiger charge is 2.12. The number of carbonyl (C=O) groups is 1. The third-order valence-electron chi connectivity index (χ3n) is 3.19. The van der Waals surface area contributed by atoms with Crippen molar-refractivity contribution in [1.82, 2.24) is 5.32 Å². The number of benzene rings is 2. The minimum absolute atomic E-state index is 0.110. The number of aliphatic hydroxyl groups excluding tert-OH is 1. The molecule has 0 saturated carbocycles. The number of aromatic hydroxyl groups is 1. The minimum atomic E-state index is -0.308. The zero-order valence-electron chi connectivity index (χ0n) is 11.7. The molecule has 1 amide bonds. The van der Waals surface area contributed by atoms with Gasteiger partial charge in [-0.3, -0.25) is 4.79 Å². The summed E-state index contributed by atoms with van der Waals surface area (Å²) >= 11 is 0. The number of hydrogen-bond acceptors (Lipinski definition) is 3. The van der Waals surface area contributed by atoms with Gasteiger partial charge in [-0.25, -0.2) is 0 Å². The first-order chi connectivity index (χ1) is 10.2. The second-order valence-corrected chi connectivity index (χ2v) is 4.98. The molecule has 2 rings (SSSR count). The molecular weight excluding hydrogens is 266 g/mol. The van der Waals surface area contributed by atoms with E-state index in [9.17, 15) is 15.0 Å². The van der Waals surface area contributed by atoms with Crippen molar-refractivity contribution >= 4 is 5.91 Å². The Morgan fingerprint density at radius 2 is 1.76 bits per heavy atom. The van der Waals surface area contributed by atoms with E-state index >= 15 is 0 Å². The van der Waals surface area contributed by atoms with Crippen LogP contribution in [-0.4, -0.2) is 28.8 Å². The first-order valence-electron chi connectivity index (χ1n) is 6.89.